The third-order valence-corrected chi connectivity index (χ3v) is 5.44. The summed E-state index contributed by atoms with van der Waals surface area (Å²) in [5, 5.41) is 2.85. The molecule has 0 aromatic heterocycles. The van der Waals surface area contributed by atoms with E-state index in [9.17, 15) is 19.2 Å². The number of carbonyl (C=O) groups excluding carboxylic acids is 4. The maximum Gasteiger partial charge on any atom is 0.309 e. The van der Waals surface area contributed by atoms with Gasteiger partial charge in [-0.1, -0.05) is 42.5 Å². The van der Waals surface area contributed by atoms with Crippen LogP contribution in [0.4, 0.5) is 0 Å². The second-order valence-electron chi connectivity index (χ2n) is 7.60. The molecule has 0 radical (unpaired) electrons. The molecule has 3 amide bonds. The number of hydrogen-bond acceptors (Lipinski definition) is 6. The summed E-state index contributed by atoms with van der Waals surface area (Å²) < 4.78 is 10.5. The van der Waals surface area contributed by atoms with E-state index in [0.717, 1.165) is 4.90 Å². The summed E-state index contributed by atoms with van der Waals surface area (Å²) in [6.07, 6.45) is -0.213. The molecular weight excluding hydrogens is 436 g/mol. The smallest absolute Gasteiger partial charge is 0.309 e. The van der Waals surface area contributed by atoms with Gasteiger partial charge in [0.15, 0.2) is 6.73 Å². The number of nitrogens with one attached hydrogen (secondary N) is 1. The number of nitrogens with zero attached hydrogens (tertiary/aromatic N) is 1. The van der Waals surface area contributed by atoms with Crippen molar-refractivity contribution in [3.63, 3.8) is 0 Å². The van der Waals surface area contributed by atoms with E-state index < -0.39 is 30.6 Å². The number of imide groups is 1. The Morgan fingerprint density at radius 2 is 1.53 bits per heavy atom. The summed E-state index contributed by atoms with van der Waals surface area (Å²) in [6.45, 7) is -0.511. The number of amides is 3. The first-order valence-corrected chi connectivity index (χ1v) is 10.6. The first-order valence-electron chi connectivity index (χ1n) is 10.6. The molecule has 0 saturated heterocycles. The van der Waals surface area contributed by atoms with Crippen LogP contribution in [0.15, 0.2) is 78.9 Å². The first kappa shape index (κ1) is 22.7. The number of ether oxygens (including phenoxy) is 2. The van der Waals surface area contributed by atoms with Crippen LogP contribution in [0, 0.1) is 0 Å². The average molecular weight is 458 g/mol. The fourth-order valence-corrected chi connectivity index (χ4v) is 3.66. The van der Waals surface area contributed by atoms with Crippen LogP contribution in [-0.2, 0) is 9.53 Å². The molecule has 8 nitrogen and oxygen atoms in total. The van der Waals surface area contributed by atoms with E-state index >= 15 is 0 Å². The van der Waals surface area contributed by atoms with Crippen molar-refractivity contribution in [2.75, 3.05) is 13.8 Å². The Bertz CT molecular complexity index is 1210. The molecule has 1 N–H and O–H groups in total. The van der Waals surface area contributed by atoms with Gasteiger partial charge in [0.25, 0.3) is 17.7 Å². The van der Waals surface area contributed by atoms with Crippen LogP contribution in [-0.4, -0.2) is 42.4 Å². The van der Waals surface area contributed by atoms with Gasteiger partial charge in [-0.2, -0.15) is 0 Å². The lowest BCUT2D eigenvalue weighted by molar-refractivity contribution is -0.146. The summed E-state index contributed by atoms with van der Waals surface area (Å²) in [5.41, 5.74) is 1.62. The monoisotopic (exact) mass is 458 g/mol. The van der Waals surface area contributed by atoms with Gasteiger partial charge in [-0.3, -0.25) is 19.2 Å². The van der Waals surface area contributed by atoms with Crippen molar-refractivity contribution in [1.82, 2.24) is 10.2 Å². The normalized spacial score (nSPS) is 13.3. The number of benzene rings is 3. The van der Waals surface area contributed by atoms with Crippen LogP contribution >= 0.6 is 0 Å². The molecule has 1 aliphatic rings. The summed E-state index contributed by atoms with van der Waals surface area (Å²) in [7, 11) is 1.52. The van der Waals surface area contributed by atoms with Gasteiger partial charge < -0.3 is 14.8 Å². The van der Waals surface area contributed by atoms with E-state index in [1.165, 1.54) is 7.11 Å². The molecule has 0 bridgehead atoms. The predicted molar refractivity (Wildman–Crippen MR) is 122 cm³/mol. The minimum absolute atomic E-state index is 0.213. The maximum atomic E-state index is 12.8. The lowest BCUT2D eigenvalue weighted by atomic mass is 10.0. The van der Waals surface area contributed by atoms with Crippen molar-refractivity contribution in [3.05, 3.63) is 101 Å². The van der Waals surface area contributed by atoms with Gasteiger partial charge in [-0.25, -0.2) is 4.90 Å². The Morgan fingerprint density at radius 3 is 2.18 bits per heavy atom. The highest BCUT2D eigenvalue weighted by atomic mass is 16.5. The van der Waals surface area contributed by atoms with Gasteiger partial charge in [-0.05, 0) is 42.0 Å². The van der Waals surface area contributed by atoms with Crippen molar-refractivity contribution in [1.29, 1.82) is 0 Å². The Balaban J connectivity index is 1.46. The Hall–Kier alpha value is -4.46. The highest BCUT2D eigenvalue weighted by Crippen LogP contribution is 2.24. The van der Waals surface area contributed by atoms with E-state index in [1.54, 1.807) is 78.9 Å². The van der Waals surface area contributed by atoms with Crippen LogP contribution < -0.4 is 10.1 Å². The van der Waals surface area contributed by atoms with E-state index in [1.807, 2.05) is 0 Å². The number of carbonyl (C=O) groups is 4. The molecule has 3 aromatic carbocycles. The maximum absolute atomic E-state index is 12.8. The fourth-order valence-electron chi connectivity index (χ4n) is 3.66. The van der Waals surface area contributed by atoms with Gasteiger partial charge in [0, 0.05) is 5.56 Å². The standard InChI is InChI=1S/C26H22N2O6/c1-33-19-11-7-10-18(14-19)22(27-24(30)17-8-3-2-4-9-17)15-23(29)34-16-28-25(31)20-12-5-6-13-21(20)26(28)32/h2-14,22H,15-16H2,1H3,(H,27,30). The Morgan fingerprint density at radius 1 is 0.882 bits per heavy atom. The van der Waals surface area contributed by atoms with Crippen LogP contribution in [0.3, 0.4) is 0 Å². The summed E-state index contributed by atoms with van der Waals surface area (Å²) >= 11 is 0. The predicted octanol–water partition coefficient (Wildman–Crippen LogP) is 3.35. The molecule has 172 valence electrons. The van der Waals surface area contributed by atoms with Gasteiger partial charge in [0.05, 0.1) is 30.7 Å². The van der Waals surface area contributed by atoms with E-state index in [-0.39, 0.29) is 23.5 Å². The molecular formula is C26H22N2O6. The number of esters is 1. The minimum Gasteiger partial charge on any atom is -0.497 e. The van der Waals surface area contributed by atoms with Crippen molar-refractivity contribution in [2.45, 2.75) is 12.5 Å². The zero-order chi connectivity index (χ0) is 24.1. The summed E-state index contributed by atoms with van der Waals surface area (Å²) in [6, 6.07) is 21.3. The van der Waals surface area contributed by atoms with Crippen molar-refractivity contribution < 1.29 is 28.7 Å². The van der Waals surface area contributed by atoms with Gasteiger partial charge in [0.2, 0.25) is 0 Å². The highest BCUT2D eigenvalue weighted by Gasteiger charge is 2.36. The fraction of sp³-hybridized carbons (Fsp3) is 0.154. The lowest BCUT2D eigenvalue weighted by Gasteiger charge is -2.20. The number of hydrogen-bond donors (Lipinski definition) is 1. The third-order valence-electron chi connectivity index (χ3n) is 5.44. The quantitative estimate of drug-likeness (QED) is 0.410. The van der Waals surface area contributed by atoms with E-state index in [0.29, 0.717) is 16.9 Å². The van der Waals surface area contributed by atoms with Gasteiger partial charge in [0.1, 0.15) is 5.75 Å². The van der Waals surface area contributed by atoms with Crippen LogP contribution in [0.25, 0.3) is 0 Å². The average Bonchev–Trinajstić information content (AvgIpc) is 3.12. The zero-order valence-corrected chi connectivity index (χ0v) is 18.4. The molecule has 34 heavy (non-hydrogen) atoms. The number of fused-ring (bicyclic) bond motifs is 1. The highest BCUT2D eigenvalue weighted by molar-refractivity contribution is 6.21. The molecule has 1 aliphatic heterocycles. The molecule has 1 unspecified atom stereocenters. The largest absolute Gasteiger partial charge is 0.497 e. The lowest BCUT2D eigenvalue weighted by Crippen LogP contribution is -2.35. The number of rotatable bonds is 8. The van der Waals surface area contributed by atoms with Gasteiger partial charge >= 0.3 is 5.97 Å². The summed E-state index contributed by atoms with van der Waals surface area (Å²) in [4.78, 5) is 51.3. The Kier molecular flexibility index (Phi) is 6.68. The van der Waals surface area contributed by atoms with Crippen LogP contribution in [0.1, 0.15) is 49.1 Å². The zero-order valence-electron chi connectivity index (χ0n) is 18.4. The molecule has 4 rings (SSSR count). The molecule has 0 saturated carbocycles. The molecule has 3 aromatic rings. The van der Waals surface area contributed by atoms with E-state index in [4.69, 9.17) is 9.47 Å². The Labute approximate surface area is 196 Å². The molecule has 0 spiro atoms. The van der Waals surface area contributed by atoms with Crippen LogP contribution in [0.5, 0.6) is 5.75 Å². The second kappa shape index (κ2) is 9.99. The topological polar surface area (TPSA) is 102 Å². The second-order valence-corrected chi connectivity index (χ2v) is 7.60. The molecule has 1 atom stereocenters. The third kappa shape index (κ3) is 4.80. The molecule has 1 heterocycles. The minimum atomic E-state index is -0.725. The summed E-state index contributed by atoms with van der Waals surface area (Å²) in [5.74, 6) is -1.51. The molecule has 8 heteroatoms. The van der Waals surface area contributed by atoms with Crippen LogP contribution in [0.2, 0.25) is 0 Å². The van der Waals surface area contributed by atoms with Gasteiger partial charge in [-0.15, -0.1) is 0 Å². The van der Waals surface area contributed by atoms with Crippen molar-refractivity contribution in [2.24, 2.45) is 0 Å². The number of methoxy groups -OCH3 is 1. The van der Waals surface area contributed by atoms with E-state index in [2.05, 4.69) is 5.32 Å². The van der Waals surface area contributed by atoms with Crippen molar-refractivity contribution in [3.8, 4) is 5.75 Å². The van der Waals surface area contributed by atoms with Crippen molar-refractivity contribution >= 4 is 23.7 Å². The molecule has 0 aliphatic carbocycles. The first-order chi connectivity index (χ1) is 16.5. The molecule has 0 fully saturated rings. The SMILES string of the molecule is COc1cccc(C(CC(=O)OCN2C(=O)c3ccccc3C2=O)NC(=O)c2ccccc2)c1.